The van der Waals surface area contributed by atoms with Gasteiger partial charge in [-0.2, -0.15) is 0 Å². The van der Waals surface area contributed by atoms with Gasteiger partial charge in [0, 0.05) is 19.6 Å². The molecule has 0 atom stereocenters. The molecule has 26 heavy (non-hydrogen) atoms. The van der Waals surface area contributed by atoms with Crippen LogP contribution in [-0.2, 0) is 13.6 Å². The van der Waals surface area contributed by atoms with Crippen molar-refractivity contribution in [3.05, 3.63) is 41.7 Å². The number of hydrogen-bond donors (Lipinski definition) is 1. The van der Waals surface area contributed by atoms with Crippen molar-refractivity contribution in [3.63, 3.8) is 0 Å². The molecular formula is C17H21FN4O4. The Morgan fingerprint density at radius 1 is 1.15 bits per heavy atom. The molecule has 2 saturated carbocycles. The molecule has 0 saturated heterocycles. The normalized spacial score (nSPS) is 18.8. The van der Waals surface area contributed by atoms with E-state index in [1.807, 2.05) is 0 Å². The zero-order valence-electron chi connectivity index (χ0n) is 14.6. The average molecular weight is 364 g/mol. The van der Waals surface area contributed by atoms with Crippen molar-refractivity contribution in [2.24, 2.45) is 7.05 Å². The Kier molecular flexibility index (Phi) is 3.78. The Morgan fingerprint density at radius 3 is 2.42 bits per heavy atom. The summed E-state index contributed by atoms with van der Waals surface area (Å²) in [6.07, 6.45) is 4.10. The summed E-state index contributed by atoms with van der Waals surface area (Å²) in [5, 5.41) is 0. The Bertz CT molecular complexity index is 1110. The van der Waals surface area contributed by atoms with Crippen LogP contribution >= 0.6 is 0 Å². The van der Waals surface area contributed by atoms with Crippen LogP contribution in [0, 0.1) is 0 Å². The van der Waals surface area contributed by atoms with Crippen LogP contribution in [0.1, 0.15) is 51.0 Å². The van der Waals surface area contributed by atoms with Crippen LogP contribution < -0.4 is 22.5 Å². The molecule has 0 radical (unpaired) electrons. The molecule has 2 aliphatic rings. The summed E-state index contributed by atoms with van der Waals surface area (Å²) >= 11 is 0. The van der Waals surface area contributed by atoms with E-state index in [1.54, 1.807) is 0 Å². The molecule has 1 N–H and O–H groups in total. The van der Waals surface area contributed by atoms with Crippen LogP contribution in [0.15, 0.2) is 19.2 Å². The molecule has 140 valence electrons. The summed E-state index contributed by atoms with van der Waals surface area (Å²) in [5.41, 5.74) is -4.00. The first-order valence-electron chi connectivity index (χ1n) is 9.00. The number of nitrogens with one attached hydrogen (secondary N) is 1. The topological polar surface area (TPSA) is 98.9 Å². The van der Waals surface area contributed by atoms with E-state index in [1.165, 1.54) is 11.6 Å². The van der Waals surface area contributed by atoms with Gasteiger partial charge >= 0.3 is 11.4 Å². The van der Waals surface area contributed by atoms with Gasteiger partial charge in [-0.25, -0.2) is 14.0 Å². The second-order valence-electron chi connectivity index (χ2n) is 7.47. The van der Waals surface area contributed by atoms with Gasteiger partial charge in [-0.1, -0.05) is 0 Å². The van der Waals surface area contributed by atoms with Gasteiger partial charge in [0.15, 0.2) is 0 Å². The maximum Gasteiger partial charge on any atom is 0.331 e. The number of aromatic nitrogens is 4. The SMILES string of the molecule is Cn1c(=O)c2[nH]c(=O)n(C3CCC3)c(=O)c2n(CCCC2(F)CC2)c1=O. The van der Waals surface area contributed by atoms with Crippen LogP contribution in [0.4, 0.5) is 4.39 Å². The standard InChI is InChI=1S/C17H21FN4O4/c1-20-13(23)11-12(14(24)22(15(25)19-11)10-4-2-5-10)21(16(20)26)9-3-6-17(18)7-8-17/h10H,2-9H2,1H3,(H,19,25). The third kappa shape index (κ3) is 2.57. The highest BCUT2D eigenvalue weighted by atomic mass is 19.1. The Balaban J connectivity index is 1.90. The molecule has 0 unspecified atom stereocenters. The maximum absolute atomic E-state index is 13.9. The third-order valence-electron chi connectivity index (χ3n) is 5.65. The molecule has 2 aliphatic carbocycles. The van der Waals surface area contributed by atoms with Crippen molar-refractivity contribution in [3.8, 4) is 0 Å². The minimum absolute atomic E-state index is 0.0895. The fraction of sp³-hybridized carbons (Fsp3) is 0.647. The van der Waals surface area contributed by atoms with Crippen molar-refractivity contribution in [2.45, 2.75) is 63.2 Å². The number of H-pyrrole nitrogens is 1. The first kappa shape index (κ1) is 17.0. The zero-order valence-corrected chi connectivity index (χ0v) is 14.6. The molecule has 0 spiro atoms. The molecule has 2 aromatic rings. The highest BCUT2D eigenvalue weighted by Gasteiger charge is 2.42. The number of hydrogen-bond acceptors (Lipinski definition) is 4. The highest BCUT2D eigenvalue weighted by molar-refractivity contribution is 5.72. The lowest BCUT2D eigenvalue weighted by atomic mass is 9.93. The van der Waals surface area contributed by atoms with Crippen molar-refractivity contribution in [1.82, 2.24) is 18.7 Å². The van der Waals surface area contributed by atoms with Gasteiger partial charge in [0.1, 0.15) is 16.7 Å². The Morgan fingerprint density at radius 2 is 1.85 bits per heavy atom. The molecule has 4 rings (SSSR count). The van der Waals surface area contributed by atoms with E-state index in [0.29, 0.717) is 38.5 Å². The number of aromatic amines is 1. The van der Waals surface area contributed by atoms with E-state index in [9.17, 15) is 23.6 Å². The van der Waals surface area contributed by atoms with Gasteiger partial charge in [0.2, 0.25) is 0 Å². The van der Waals surface area contributed by atoms with Crippen molar-refractivity contribution in [2.75, 3.05) is 0 Å². The van der Waals surface area contributed by atoms with Gasteiger partial charge < -0.3 is 4.98 Å². The van der Waals surface area contributed by atoms with Crippen LogP contribution in [0.5, 0.6) is 0 Å². The van der Waals surface area contributed by atoms with E-state index < -0.39 is 28.2 Å². The monoisotopic (exact) mass is 364 g/mol. The molecule has 0 aromatic carbocycles. The van der Waals surface area contributed by atoms with Crippen molar-refractivity contribution < 1.29 is 4.39 Å². The van der Waals surface area contributed by atoms with Crippen LogP contribution in [-0.4, -0.2) is 24.4 Å². The molecule has 0 aliphatic heterocycles. The van der Waals surface area contributed by atoms with Crippen molar-refractivity contribution >= 4 is 11.0 Å². The largest absolute Gasteiger partial charge is 0.331 e. The number of rotatable bonds is 5. The molecular weight excluding hydrogens is 343 g/mol. The molecule has 2 heterocycles. The lowest BCUT2D eigenvalue weighted by Gasteiger charge is -2.26. The first-order valence-corrected chi connectivity index (χ1v) is 9.00. The van der Waals surface area contributed by atoms with Gasteiger partial charge in [-0.3, -0.25) is 23.3 Å². The predicted molar refractivity (Wildman–Crippen MR) is 93.5 cm³/mol. The number of halogens is 1. The zero-order chi connectivity index (χ0) is 18.6. The van der Waals surface area contributed by atoms with Crippen LogP contribution in [0.3, 0.4) is 0 Å². The minimum Gasteiger partial charge on any atom is -0.301 e. The fourth-order valence-corrected chi connectivity index (χ4v) is 3.60. The summed E-state index contributed by atoms with van der Waals surface area (Å²) in [4.78, 5) is 52.7. The number of aryl methyl sites for hydroxylation is 1. The van der Waals surface area contributed by atoms with Gasteiger partial charge in [-0.05, 0) is 44.9 Å². The van der Waals surface area contributed by atoms with Gasteiger partial charge in [0.25, 0.3) is 11.1 Å². The quantitative estimate of drug-likeness (QED) is 0.838. The van der Waals surface area contributed by atoms with E-state index in [0.717, 1.165) is 15.6 Å². The average Bonchev–Trinajstić information content (AvgIpc) is 3.28. The predicted octanol–water partition coefficient (Wildman–Crippen LogP) is 0.557. The lowest BCUT2D eigenvalue weighted by molar-refractivity contribution is 0.278. The summed E-state index contributed by atoms with van der Waals surface area (Å²) < 4.78 is 17.0. The summed E-state index contributed by atoms with van der Waals surface area (Å²) in [6.45, 7) is 0.126. The molecule has 0 amide bonds. The summed E-state index contributed by atoms with van der Waals surface area (Å²) in [7, 11) is 1.30. The molecule has 2 aromatic heterocycles. The molecule has 0 bridgehead atoms. The molecule has 9 heteroatoms. The van der Waals surface area contributed by atoms with Crippen LogP contribution in [0.25, 0.3) is 11.0 Å². The number of fused-ring (bicyclic) bond motifs is 1. The first-order chi connectivity index (χ1) is 12.3. The van der Waals surface area contributed by atoms with Gasteiger partial charge in [0.05, 0.1) is 0 Å². The number of nitrogens with zero attached hydrogens (tertiary/aromatic N) is 3. The summed E-state index contributed by atoms with van der Waals surface area (Å²) in [6, 6.07) is -0.205. The van der Waals surface area contributed by atoms with Crippen LogP contribution in [0.2, 0.25) is 0 Å². The second kappa shape index (κ2) is 5.78. The van der Waals surface area contributed by atoms with Gasteiger partial charge in [-0.15, -0.1) is 0 Å². The Labute approximate surface area is 146 Å². The Hall–Kier alpha value is -2.45. The number of alkyl halides is 1. The second-order valence-corrected chi connectivity index (χ2v) is 7.47. The third-order valence-corrected chi connectivity index (χ3v) is 5.65. The van der Waals surface area contributed by atoms with E-state index in [2.05, 4.69) is 4.98 Å². The minimum atomic E-state index is -1.15. The van der Waals surface area contributed by atoms with E-state index >= 15 is 0 Å². The van der Waals surface area contributed by atoms with E-state index in [-0.39, 0.29) is 23.6 Å². The van der Waals surface area contributed by atoms with Crippen molar-refractivity contribution in [1.29, 1.82) is 0 Å². The maximum atomic E-state index is 13.9. The van der Waals surface area contributed by atoms with E-state index in [4.69, 9.17) is 0 Å². The highest BCUT2D eigenvalue weighted by Crippen LogP contribution is 2.43. The smallest absolute Gasteiger partial charge is 0.301 e. The molecule has 8 nitrogen and oxygen atoms in total. The fourth-order valence-electron chi connectivity index (χ4n) is 3.60. The lowest BCUT2D eigenvalue weighted by Crippen LogP contribution is -2.47. The molecule has 2 fully saturated rings. The summed E-state index contributed by atoms with van der Waals surface area (Å²) in [5.74, 6) is 0.